The number of esters is 1. The molecule has 1 aliphatic rings. The lowest BCUT2D eigenvalue weighted by Crippen LogP contribution is -2.29. The highest BCUT2D eigenvalue weighted by atomic mass is 16.6. The summed E-state index contributed by atoms with van der Waals surface area (Å²) in [6.07, 6.45) is 3.87. The molecule has 0 spiro atoms. The van der Waals surface area contributed by atoms with Gasteiger partial charge in [0.15, 0.2) is 0 Å². The Labute approximate surface area is 113 Å². The molecule has 19 heavy (non-hydrogen) atoms. The summed E-state index contributed by atoms with van der Waals surface area (Å²) in [5.74, 6) is -0.834. The molecule has 0 bridgehead atoms. The van der Waals surface area contributed by atoms with Gasteiger partial charge >= 0.3 is 5.97 Å². The molecule has 0 saturated carbocycles. The number of rotatable bonds is 6. The number of nitrogens with zero attached hydrogens (tertiary/aromatic N) is 2. The number of carbonyl (C=O) groups excluding carboxylic acids is 1. The SMILES string of the molecule is CCON=C1C=CC(C(=O)OCC)C(=NOCC)C1. The van der Waals surface area contributed by atoms with E-state index in [1.807, 2.05) is 13.8 Å². The van der Waals surface area contributed by atoms with E-state index in [1.54, 1.807) is 19.1 Å². The molecule has 0 aromatic carbocycles. The molecule has 0 aromatic rings. The predicted molar refractivity (Wildman–Crippen MR) is 72.0 cm³/mol. The minimum atomic E-state index is -0.507. The summed E-state index contributed by atoms with van der Waals surface area (Å²) < 4.78 is 5.01. The average molecular weight is 268 g/mol. The lowest BCUT2D eigenvalue weighted by atomic mass is 9.92. The lowest BCUT2D eigenvalue weighted by molar-refractivity contribution is -0.144. The third-order valence-corrected chi connectivity index (χ3v) is 2.36. The smallest absolute Gasteiger partial charge is 0.318 e. The third-order valence-electron chi connectivity index (χ3n) is 2.36. The van der Waals surface area contributed by atoms with Gasteiger partial charge < -0.3 is 14.4 Å². The van der Waals surface area contributed by atoms with Crippen LogP contribution in [-0.2, 0) is 19.2 Å². The van der Waals surface area contributed by atoms with Crippen molar-refractivity contribution in [1.82, 2.24) is 0 Å². The zero-order chi connectivity index (χ0) is 14.1. The van der Waals surface area contributed by atoms with E-state index in [-0.39, 0.29) is 5.97 Å². The first kappa shape index (κ1) is 15.2. The first-order valence-corrected chi connectivity index (χ1v) is 6.45. The zero-order valence-corrected chi connectivity index (χ0v) is 11.6. The predicted octanol–water partition coefficient (Wildman–Crippen LogP) is 1.91. The fraction of sp³-hybridized carbons (Fsp3) is 0.615. The highest BCUT2D eigenvalue weighted by Gasteiger charge is 2.28. The van der Waals surface area contributed by atoms with Crippen molar-refractivity contribution >= 4 is 17.4 Å². The van der Waals surface area contributed by atoms with Gasteiger partial charge in [-0.3, -0.25) is 4.79 Å². The highest BCUT2D eigenvalue weighted by molar-refractivity contribution is 6.18. The van der Waals surface area contributed by atoms with Crippen LogP contribution in [-0.4, -0.2) is 37.2 Å². The molecule has 1 unspecified atom stereocenters. The van der Waals surface area contributed by atoms with E-state index in [9.17, 15) is 4.79 Å². The number of carbonyl (C=O) groups is 1. The number of hydrogen-bond acceptors (Lipinski definition) is 6. The van der Waals surface area contributed by atoms with Gasteiger partial charge in [0.2, 0.25) is 0 Å². The van der Waals surface area contributed by atoms with Crippen LogP contribution >= 0.6 is 0 Å². The van der Waals surface area contributed by atoms with Crippen LogP contribution in [0, 0.1) is 5.92 Å². The summed E-state index contributed by atoms with van der Waals surface area (Å²) in [6, 6.07) is 0. The van der Waals surface area contributed by atoms with E-state index < -0.39 is 5.92 Å². The monoisotopic (exact) mass is 268 g/mol. The zero-order valence-electron chi connectivity index (χ0n) is 11.6. The molecule has 6 nitrogen and oxygen atoms in total. The number of allylic oxidation sites excluding steroid dienone is 1. The maximum atomic E-state index is 11.8. The minimum absolute atomic E-state index is 0.326. The fourth-order valence-corrected chi connectivity index (χ4v) is 1.57. The number of hydrogen-bond donors (Lipinski definition) is 0. The first-order valence-electron chi connectivity index (χ1n) is 6.45. The standard InChI is InChI=1S/C13H20N2O4/c1-4-17-13(16)11-8-7-10(14-18-5-2)9-12(11)15-19-6-3/h7-8,11H,4-6,9H2,1-3H3. The van der Waals surface area contributed by atoms with Crippen LogP contribution in [0.5, 0.6) is 0 Å². The van der Waals surface area contributed by atoms with Gasteiger partial charge in [0, 0.05) is 6.42 Å². The molecule has 1 rings (SSSR count). The van der Waals surface area contributed by atoms with Crippen LogP contribution in [0.3, 0.4) is 0 Å². The van der Waals surface area contributed by atoms with Gasteiger partial charge in [-0.25, -0.2) is 0 Å². The molecule has 0 N–H and O–H groups in total. The molecule has 0 amide bonds. The summed E-state index contributed by atoms with van der Waals surface area (Å²) in [7, 11) is 0. The van der Waals surface area contributed by atoms with E-state index >= 15 is 0 Å². The van der Waals surface area contributed by atoms with E-state index in [4.69, 9.17) is 14.4 Å². The molecule has 6 heteroatoms. The maximum absolute atomic E-state index is 11.8. The highest BCUT2D eigenvalue weighted by Crippen LogP contribution is 2.16. The summed E-state index contributed by atoms with van der Waals surface area (Å²) in [5, 5.41) is 7.91. The Morgan fingerprint density at radius 3 is 2.53 bits per heavy atom. The largest absolute Gasteiger partial charge is 0.465 e. The molecule has 0 radical (unpaired) electrons. The molecule has 106 valence electrons. The van der Waals surface area contributed by atoms with Crippen LogP contribution in [0.25, 0.3) is 0 Å². The van der Waals surface area contributed by atoms with Crippen molar-refractivity contribution < 1.29 is 19.2 Å². The van der Waals surface area contributed by atoms with Crippen molar-refractivity contribution in [3.05, 3.63) is 12.2 Å². The average Bonchev–Trinajstić information content (AvgIpc) is 2.43. The van der Waals surface area contributed by atoms with Crippen molar-refractivity contribution in [1.29, 1.82) is 0 Å². The minimum Gasteiger partial charge on any atom is -0.465 e. The molecular weight excluding hydrogens is 248 g/mol. The van der Waals surface area contributed by atoms with Crippen LogP contribution in [0.15, 0.2) is 22.5 Å². The van der Waals surface area contributed by atoms with Gasteiger partial charge in [-0.15, -0.1) is 0 Å². The normalized spacial score (nSPS) is 22.6. The van der Waals surface area contributed by atoms with Crippen molar-refractivity contribution in [3.8, 4) is 0 Å². The Morgan fingerprint density at radius 2 is 1.89 bits per heavy atom. The molecule has 0 heterocycles. The first-order chi connectivity index (χ1) is 9.22. The second-order valence-corrected chi connectivity index (χ2v) is 3.77. The van der Waals surface area contributed by atoms with Crippen LogP contribution in [0.4, 0.5) is 0 Å². The van der Waals surface area contributed by atoms with Gasteiger partial charge in [0.05, 0.1) is 18.0 Å². The molecule has 1 atom stereocenters. The summed E-state index contributed by atoms with van der Waals surface area (Å²) in [4.78, 5) is 21.8. The second-order valence-electron chi connectivity index (χ2n) is 3.77. The maximum Gasteiger partial charge on any atom is 0.318 e. The van der Waals surface area contributed by atoms with Crippen LogP contribution in [0.2, 0.25) is 0 Å². The van der Waals surface area contributed by atoms with Crippen molar-refractivity contribution in [2.45, 2.75) is 27.2 Å². The van der Waals surface area contributed by atoms with Crippen LogP contribution in [0.1, 0.15) is 27.2 Å². The van der Waals surface area contributed by atoms with Crippen molar-refractivity contribution in [2.24, 2.45) is 16.2 Å². The summed E-state index contributed by atoms with van der Waals surface area (Å²) in [5.41, 5.74) is 1.29. The summed E-state index contributed by atoms with van der Waals surface area (Å²) >= 11 is 0. The molecule has 0 aromatic heterocycles. The summed E-state index contributed by atoms with van der Waals surface area (Å²) in [6.45, 7) is 6.73. The fourth-order valence-electron chi connectivity index (χ4n) is 1.57. The van der Waals surface area contributed by atoms with E-state index in [1.165, 1.54) is 0 Å². The molecular formula is C13H20N2O4. The van der Waals surface area contributed by atoms with Crippen LogP contribution < -0.4 is 0 Å². The van der Waals surface area contributed by atoms with Gasteiger partial charge in [0.25, 0.3) is 0 Å². The second kappa shape index (κ2) is 8.29. The van der Waals surface area contributed by atoms with Crippen molar-refractivity contribution in [3.63, 3.8) is 0 Å². The Balaban J connectivity index is 2.86. The van der Waals surface area contributed by atoms with E-state index in [0.717, 1.165) is 0 Å². The van der Waals surface area contributed by atoms with Gasteiger partial charge in [-0.1, -0.05) is 16.4 Å². The van der Waals surface area contributed by atoms with Gasteiger partial charge in [0.1, 0.15) is 19.1 Å². The third kappa shape index (κ3) is 4.73. The topological polar surface area (TPSA) is 69.5 Å². The molecule has 0 saturated heterocycles. The molecule has 0 fully saturated rings. The Kier molecular flexibility index (Phi) is 6.63. The lowest BCUT2D eigenvalue weighted by Gasteiger charge is -2.18. The van der Waals surface area contributed by atoms with E-state index in [2.05, 4.69) is 10.3 Å². The Bertz CT molecular complexity index is 388. The number of ether oxygens (including phenoxy) is 1. The Morgan fingerprint density at radius 1 is 1.21 bits per heavy atom. The van der Waals surface area contributed by atoms with Crippen molar-refractivity contribution in [2.75, 3.05) is 19.8 Å². The van der Waals surface area contributed by atoms with Gasteiger partial charge in [-0.05, 0) is 26.8 Å². The Hall–Kier alpha value is -1.85. The molecule has 1 aliphatic carbocycles. The number of oxime groups is 2. The van der Waals surface area contributed by atoms with Gasteiger partial charge in [-0.2, -0.15) is 0 Å². The molecule has 0 aliphatic heterocycles. The van der Waals surface area contributed by atoms with E-state index in [0.29, 0.717) is 37.7 Å². The quantitative estimate of drug-likeness (QED) is 0.545.